The zero-order valence-electron chi connectivity index (χ0n) is 7.65. The molecule has 60 valence electrons. The van der Waals surface area contributed by atoms with Crippen molar-refractivity contribution in [1.29, 1.82) is 0 Å². The van der Waals surface area contributed by atoms with E-state index in [0.717, 1.165) is 6.54 Å². The Hall–Kier alpha value is -0.300. The summed E-state index contributed by atoms with van der Waals surface area (Å²) < 4.78 is 0. The first kappa shape index (κ1) is 9.70. The van der Waals surface area contributed by atoms with Gasteiger partial charge in [-0.25, -0.2) is 0 Å². The molecule has 0 N–H and O–H groups in total. The summed E-state index contributed by atoms with van der Waals surface area (Å²) in [5.74, 6) is 0. The summed E-state index contributed by atoms with van der Waals surface area (Å²) in [5, 5.41) is 0. The molecule has 0 bridgehead atoms. The Bertz CT molecular complexity index is 97.3. The minimum atomic E-state index is 1.08. The van der Waals surface area contributed by atoms with Crippen LogP contribution in [0.5, 0.6) is 0 Å². The van der Waals surface area contributed by atoms with Crippen molar-refractivity contribution >= 4 is 0 Å². The Morgan fingerprint density at radius 3 is 2.00 bits per heavy atom. The van der Waals surface area contributed by atoms with Crippen LogP contribution in [0.25, 0.3) is 0 Å². The molecule has 0 atom stereocenters. The van der Waals surface area contributed by atoms with Crippen molar-refractivity contribution in [3.05, 3.63) is 11.6 Å². The first-order valence-corrected chi connectivity index (χ1v) is 4.03. The number of nitrogens with zero attached hydrogens (tertiary/aromatic N) is 1. The third-order valence-electron chi connectivity index (χ3n) is 1.65. The molecule has 0 aliphatic rings. The third-order valence-corrected chi connectivity index (χ3v) is 1.65. The molecule has 0 amide bonds. The highest BCUT2D eigenvalue weighted by Crippen LogP contribution is 2.04. The zero-order valence-corrected chi connectivity index (χ0v) is 7.65. The number of rotatable bonds is 4. The van der Waals surface area contributed by atoms with Crippen molar-refractivity contribution in [2.24, 2.45) is 0 Å². The molecule has 0 saturated heterocycles. The van der Waals surface area contributed by atoms with E-state index in [9.17, 15) is 0 Å². The highest BCUT2D eigenvalue weighted by atomic mass is 15.0. The highest BCUT2D eigenvalue weighted by Gasteiger charge is 1.89. The second-order valence-electron chi connectivity index (χ2n) is 2.83. The van der Waals surface area contributed by atoms with Gasteiger partial charge in [-0.05, 0) is 26.9 Å². The summed E-state index contributed by atoms with van der Waals surface area (Å²) in [4.78, 5) is 2.19. The Labute approximate surface area is 64.7 Å². The fraction of sp³-hybridized carbons (Fsp3) is 0.778. The molecular formula is C9H19N. The van der Waals surface area contributed by atoms with Gasteiger partial charge in [-0.1, -0.05) is 25.5 Å². The maximum atomic E-state index is 2.32. The molecule has 0 aromatic heterocycles. The summed E-state index contributed by atoms with van der Waals surface area (Å²) in [7, 11) is 4.19. The topological polar surface area (TPSA) is 3.24 Å². The number of hydrogen-bond acceptors (Lipinski definition) is 1. The van der Waals surface area contributed by atoms with E-state index in [2.05, 4.69) is 38.9 Å². The van der Waals surface area contributed by atoms with Crippen molar-refractivity contribution in [3.63, 3.8) is 0 Å². The molecule has 0 spiro atoms. The van der Waals surface area contributed by atoms with Crippen LogP contribution < -0.4 is 0 Å². The molecule has 0 aromatic rings. The Kier molecular flexibility index (Phi) is 5.32. The van der Waals surface area contributed by atoms with Gasteiger partial charge in [-0.3, -0.25) is 0 Å². The minimum Gasteiger partial charge on any atom is -0.306 e. The van der Waals surface area contributed by atoms with Crippen LogP contribution in [0, 0.1) is 0 Å². The van der Waals surface area contributed by atoms with E-state index >= 15 is 0 Å². The number of allylic oxidation sites excluding steroid dienone is 1. The van der Waals surface area contributed by atoms with E-state index in [0.29, 0.717) is 0 Å². The number of likely N-dealkylation sites (N-methyl/N-ethyl adjacent to an activating group) is 1. The van der Waals surface area contributed by atoms with E-state index in [-0.39, 0.29) is 0 Å². The van der Waals surface area contributed by atoms with Crippen LogP contribution >= 0.6 is 0 Å². The molecular weight excluding hydrogens is 122 g/mol. The average Bonchev–Trinajstić information content (AvgIpc) is 1.90. The zero-order chi connectivity index (χ0) is 7.98. The lowest BCUT2D eigenvalue weighted by Crippen LogP contribution is -2.11. The first-order valence-electron chi connectivity index (χ1n) is 4.03. The summed E-state index contributed by atoms with van der Waals surface area (Å²) in [6.45, 7) is 5.51. The van der Waals surface area contributed by atoms with E-state index in [4.69, 9.17) is 0 Å². The maximum absolute atomic E-state index is 2.32. The molecule has 0 fully saturated rings. The van der Waals surface area contributed by atoms with Gasteiger partial charge in [0.2, 0.25) is 0 Å². The quantitative estimate of drug-likeness (QED) is 0.543. The van der Waals surface area contributed by atoms with Crippen LogP contribution in [0.3, 0.4) is 0 Å². The molecule has 0 aliphatic carbocycles. The van der Waals surface area contributed by atoms with Gasteiger partial charge in [0, 0.05) is 6.54 Å². The molecule has 1 heteroatoms. The predicted octanol–water partition coefficient (Wildman–Crippen LogP) is 2.29. The average molecular weight is 141 g/mol. The van der Waals surface area contributed by atoms with Crippen molar-refractivity contribution in [2.75, 3.05) is 20.6 Å². The van der Waals surface area contributed by atoms with Gasteiger partial charge in [-0.2, -0.15) is 0 Å². The molecule has 0 heterocycles. The Morgan fingerprint density at radius 1 is 1.20 bits per heavy atom. The summed E-state index contributed by atoms with van der Waals surface area (Å²) in [6, 6.07) is 0. The van der Waals surface area contributed by atoms with Crippen LogP contribution in [0.4, 0.5) is 0 Å². The molecule has 0 radical (unpaired) electrons. The molecule has 0 aromatic carbocycles. The Balaban J connectivity index is 3.63. The van der Waals surface area contributed by atoms with Gasteiger partial charge in [0.15, 0.2) is 0 Å². The molecule has 10 heavy (non-hydrogen) atoms. The lowest BCUT2D eigenvalue weighted by Gasteiger charge is -2.06. The third kappa shape index (κ3) is 4.57. The largest absolute Gasteiger partial charge is 0.306 e. The predicted molar refractivity (Wildman–Crippen MR) is 47.2 cm³/mol. The van der Waals surface area contributed by atoms with Gasteiger partial charge < -0.3 is 4.90 Å². The molecule has 0 rings (SSSR count). The van der Waals surface area contributed by atoms with Crippen LogP contribution in [0.1, 0.15) is 26.7 Å². The van der Waals surface area contributed by atoms with E-state index < -0.39 is 0 Å². The van der Waals surface area contributed by atoms with Gasteiger partial charge in [0.05, 0.1) is 0 Å². The monoisotopic (exact) mass is 141 g/mol. The highest BCUT2D eigenvalue weighted by molar-refractivity contribution is 5.00. The van der Waals surface area contributed by atoms with Gasteiger partial charge in [0.25, 0.3) is 0 Å². The van der Waals surface area contributed by atoms with E-state index in [1.54, 1.807) is 5.57 Å². The van der Waals surface area contributed by atoms with Crippen LogP contribution in [0.2, 0.25) is 0 Å². The molecule has 0 aliphatic heterocycles. The van der Waals surface area contributed by atoms with E-state index in [1.807, 2.05) is 0 Å². The summed E-state index contributed by atoms with van der Waals surface area (Å²) >= 11 is 0. The van der Waals surface area contributed by atoms with Crippen LogP contribution in [-0.4, -0.2) is 25.5 Å². The lowest BCUT2D eigenvalue weighted by molar-refractivity contribution is 0.454. The van der Waals surface area contributed by atoms with E-state index in [1.165, 1.54) is 12.8 Å². The second kappa shape index (κ2) is 5.48. The van der Waals surface area contributed by atoms with Crippen molar-refractivity contribution < 1.29 is 0 Å². The van der Waals surface area contributed by atoms with Crippen LogP contribution in [-0.2, 0) is 0 Å². The van der Waals surface area contributed by atoms with Gasteiger partial charge >= 0.3 is 0 Å². The SMILES string of the molecule is CCC(=CCN(C)C)CC. The Morgan fingerprint density at radius 2 is 1.70 bits per heavy atom. The van der Waals surface area contributed by atoms with Crippen molar-refractivity contribution in [2.45, 2.75) is 26.7 Å². The van der Waals surface area contributed by atoms with Crippen molar-refractivity contribution in [3.8, 4) is 0 Å². The van der Waals surface area contributed by atoms with Gasteiger partial charge in [-0.15, -0.1) is 0 Å². The normalized spacial score (nSPS) is 10.1. The van der Waals surface area contributed by atoms with Gasteiger partial charge in [0.1, 0.15) is 0 Å². The molecule has 0 saturated carbocycles. The molecule has 0 unspecified atom stereocenters. The first-order chi connectivity index (χ1) is 4.70. The fourth-order valence-corrected chi connectivity index (χ4v) is 0.850. The van der Waals surface area contributed by atoms with Crippen LogP contribution in [0.15, 0.2) is 11.6 Å². The minimum absolute atomic E-state index is 1.08. The maximum Gasteiger partial charge on any atom is 0.0159 e. The number of hydrogen-bond donors (Lipinski definition) is 0. The molecule has 1 nitrogen and oxygen atoms in total. The van der Waals surface area contributed by atoms with Crippen molar-refractivity contribution in [1.82, 2.24) is 4.90 Å². The summed E-state index contributed by atoms with van der Waals surface area (Å²) in [5.41, 5.74) is 1.56. The fourth-order valence-electron chi connectivity index (χ4n) is 0.850. The standard InChI is InChI=1S/C9H19N/c1-5-9(6-2)7-8-10(3)4/h7H,5-6,8H2,1-4H3. The summed E-state index contributed by atoms with van der Waals surface area (Å²) in [6.07, 6.45) is 4.72. The second-order valence-corrected chi connectivity index (χ2v) is 2.83. The lowest BCUT2D eigenvalue weighted by atomic mass is 10.1. The smallest absolute Gasteiger partial charge is 0.0159 e.